The predicted molar refractivity (Wildman–Crippen MR) is 61.3 cm³/mol. The van der Waals surface area contributed by atoms with Crippen molar-refractivity contribution >= 4 is 23.2 Å². The molecule has 0 heterocycles. The predicted octanol–water partition coefficient (Wildman–Crippen LogP) is 4.18. The SMILES string of the molecule is FC(F)(F)C1(NCc2c(Cl)cccc2Cl)CC1. The van der Waals surface area contributed by atoms with Crippen molar-refractivity contribution in [2.75, 3.05) is 0 Å². The zero-order chi connectivity index (χ0) is 12.7. The number of hydrogen-bond donors (Lipinski definition) is 1. The molecule has 1 aliphatic carbocycles. The minimum Gasteiger partial charge on any atom is -0.299 e. The average molecular weight is 284 g/mol. The Labute approximate surface area is 107 Å². The van der Waals surface area contributed by atoms with Gasteiger partial charge in [-0.25, -0.2) is 0 Å². The standard InChI is InChI=1S/C11H10Cl2F3N/c12-8-2-1-3-9(13)7(8)6-17-10(4-5-10)11(14,15)16/h1-3,17H,4-6H2. The van der Waals surface area contributed by atoms with Crippen molar-refractivity contribution in [3.05, 3.63) is 33.8 Å². The molecule has 1 saturated carbocycles. The third-order valence-electron chi connectivity index (χ3n) is 2.96. The molecular formula is C11H10Cl2F3N. The third-order valence-corrected chi connectivity index (χ3v) is 3.67. The highest BCUT2D eigenvalue weighted by molar-refractivity contribution is 6.35. The fourth-order valence-corrected chi connectivity index (χ4v) is 2.18. The largest absolute Gasteiger partial charge is 0.406 e. The molecule has 1 aromatic carbocycles. The van der Waals surface area contributed by atoms with Gasteiger partial charge in [-0.2, -0.15) is 13.2 Å². The second kappa shape index (κ2) is 4.34. The van der Waals surface area contributed by atoms with Crippen molar-refractivity contribution in [3.63, 3.8) is 0 Å². The van der Waals surface area contributed by atoms with E-state index >= 15 is 0 Å². The van der Waals surface area contributed by atoms with E-state index in [1.807, 2.05) is 0 Å². The molecule has 0 aliphatic heterocycles. The van der Waals surface area contributed by atoms with Gasteiger partial charge in [-0.15, -0.1) is 0 Å². The lowest BCUT2D eigenvalue weighted by molar-refractivity contribution is -0.166. The summed E-state index contributed by atoms with van der Waals surface area (Å²) in [5.74, 6) is 0. The normalized spacial score (nSPS) is 18.2. The van der Waals surface area contributed by atoms with Crippen LogP contribution in [0.2, 0.25) is 10.0 Å². The number of rotatable bonds is 3. The molecule has 0 spiro atoms. The van der Waals surface area contributed by atoms with Gasteiger partial charge in [0.25, 0.3) is 0 Å². The molecule has 0 radical (unpaired) electrons. The zero-order valence-corrected chi connectivity index (χ0v) is 10.3. The van der Waals surface area contributed by atoms with E-state index in [0.717, 1.165) is 0 Å². The summed E-state index contributed by atoms with van der Waals surface area (Å²) in [5.41, 5.74) is -1.23. The molecule has 0 amide bonds. The highest BCUT2D eigenvalue weighted by Crippen LogP contribution is 2.49. The van der Waals surface area contributed by atoms with Crippen molar-refractivity contribution < 1.29 is 13.2 Å². The van der Waals surface area contributed by atoms with E-state index in [9.17, 15) is 13.2 Å². The van der Waals surface area contributed by atoms with E-state index in [1.54, 1.807) is 18.2 Å². The molecule has 0 bridgehead atoms. The molecule has 1 aromatic rings. The Morgan fingerprint density at radius 1 is 1.18 bits per heavy atom. The van der Waals surface area contributed by atoms with Crippen molar-refractivity contribution in [1.82, 2.24) is 5.32 Å². The summed E-state index contributed by atoms with van der Waals surface area (Å²) >= 11 is 11.8. The maximum absolute atomic E-state index is 12.7. The van der Waals surface area contributed by atoms with Gasteiger partial charge in [0.05, 0.1) is 0 Å². The van der Waals surface area contributed by atoms with Gasteiger partial charge in [-0.3, -0.25) is 5.32 Å². The van der Waals surface area contributed by atoms with E-state index in [1.165, 1.54) is 0 Å². The van der Waals surface area contributed by atoms with Crippen molar-refractivity contribution in [3.8, 4) is 0 Å². The van der Waals surface area contributed by atoms with Gasteiger partial charge < -0.3 is 0 Å². The Balaban J connectivity index is 2.09. The van der Waals surface area contributed by atoms with Crippen LogP contribution in [-0.2, 0) is 6.54 Å². The lowest BCUT2D eigenvalue weighted by Crippen LogP contribution is -2.44. The first kappa shape index (κ1) is 13.0. The molecule has 2 rings (SSSR count). The van der Waals surface area contributed by atoms with E-state index in [4.69, 9.17) is 23.2 Å². The smallest absolute Gasteiger partial charge is 0.299 e. The van der Waals surface area contributed by atoms with Crippen LogP contribution in [0.1, 0.15) is 18.4 Å². The number of hydrogen-bond acceptors (Lipinski definition) is 1. The van der Waals surface area contributed by atoms with Crippen LogP contribution in [0.4, 0.5) is 13.2 Å². The topological polar surface area (TPSA) is 12.0 Å². The molecule has 6 heteroatoms. The Hall–Kier alpha value is -0.450. The van der Waals surface area contributed by atoms with Crippen molar-refractivity contribution in [2.45, 2.75) is 31.1 Å². The molecule has 0 saturated heterocycles. The van der Waals surface area contributed by atoms with Crippen molar-refractivity contribution in [2.24, 2.45) is 0 Å². The summed E-state index contributed by atoms with van der Waals surface area (Å²) in [6, 6.07) is 4.88. The Morgan fingerprint density at radius 3 is 2.12 bits per heavy atom. The minimum absolute atomic E-state index is 0.0258. The number of halogens is 5. The van der Waals surface area contributed by atoms with Gasteiger partial charge >= 0.3 is 6.18 Å². The molecule has 0 unspecified atom stereocenters. The minimum atomic E-state index is -4.22. The first-order chi connectivity index (χ1) is 7.86. The lowest BCUT2D eigenvalue weighted by atomic mass is 10.2. The van der Waals surface area contributed by atoms with Crippen LogP contribution in [0.25, 0.3) is 0 Å². The number of nitrogens with one attached hydrogen (secondary N) is 1. The molecule has 0 aromatic heterocycles. The van der Waals surface area contributed by atoms with E-state index in [2.05, 4.69) is 5.32 Å². The van der Waals surface area contributed by atoms with Crippen LogP contribution in [0.15, 0.2) is 18.2 Å². The maximum atomic E-state index is 12.7. The van der Waals surface area contributed by atoms with Gasteiger partial charge in [-0.1, -0.05) is 29.3 Å². The molecule has 94 valence electrons. The first-order valence-electron chi connectivity index (χ1n) is 5.10. The maximum Gasteiger partial charge on any atom is 0.406 e. The fourth-order valence-electron chi connectivity index (χ4n) is 1.64. The molecule has 1 nitrogen and oxygen atoms in total. The summed E-state index contributed by atoms with van der Waals surface area (Å²) in [6.07, 6.45) is -4.00. The molecule has 0 atom stereocenters. The summed E-state index contributed by atoms with van der Waals surface area (Å²) in [6.45, 7) is 0.0258. The lowest BCUT2D eigenvalue weighted by Gasteiger charge is -2.21. The van der Waals surface area contributed by atoms with Crippen molar-refractivity contribution in [1.29, 1.82) is 0 Å². The molecule has 1 N–H and O–H groups in total. The zero-order valence-electron chi connectivity index (χ0n) is 8.74. The first-order valence-corrected chi connectivity index (χ1v) is 5.86. The van der Waals surface area contributed by atoms with Crippen LogP contribution in [0.5, 0.6) is 0 Å². The summed E-state index contributed by atoms with van der Waals surface area (Å²) in [7, 11) is 0. The van der Waals surface area contributed by atoms with Gasteiger partial charge in [0, 0.05) is 22.2 Å². The number of alkyl halides is 3. The molecular weight excluding hydrogens is 274 g/mol. The van der Waals surface area contributed by atoms with Crippen LogP contribution >= 0.6 is 23.2 Å². The van der Waals surface area contributed by atoms with E-state index in [-0.39, 0.29) is 19.4 Å². The second-order valence-corrected chi connectivity index (χ2v) is 4.95. The van der Waals surface area contributed by atoms with Gasteiger partial charge in [-0.05, 0) is 25.0 Å². The fraction of sp³-hybridized carbons (Fsp3) is 0.455. The number of benzene rings is 1. The summed E-state index contributed by atoms with van der Waals surface area (Å²) in [5, 5.41) is 3.27. The molecule has 1 aliphatic rings. The second-order valence-electron chi connectivity index (χ2n) is 4.13. The Bertz CT molecular complexity index is 407. The van der Waals surface area contributed by atoms with Gasteiger partial charge in [0.1, 0.15) is 5.54 Å². The third kappa shape index (κ3) is 2.54. The molecule has 17 heavy (non-hydrogen) atoms. The van der Waals surface area contributed by atoms with E-state index in [0.29, 0.717) is 15.6 Å². The quantitative estimate of drug-likeness (QED) is 0.878. The van der Waals surface area contributed by atoms with Crippen LogP contribution in [0, 0.1) is 0 Å². The Kier molecular flexibility index (Phi) is 3.31. The van der Waals surface area contributed by atoms with Crippen LogP contribution in [-0.4, -0.2) is 11.7 Å². The summed E-state index contributed by atoms with van der Waals surface area (Å²) < 4.78 is 38.0. The van der Waals surface area contributed by atoms with Crippen LogP contribution < -0.4 is 5.32 Å². The van der Waals surface area contributed by atoms with Gasteiger partial charge in [0.2, 0.25) is 0 Å². The average Bonchev–Trinajstić information content (AvgIpc) is 2.97. The Morgan fingerprint density at radius 2 is 1.71 bits per heavy atom. The highest BCUT2D eigenvalue weighted by atomic mass is 35.5. The summed E-state index contributed by atoms with van der Waals surface area (Å²) in [4.78, 5) is 0. The molecule has 1 fully saturated rings. The highest BCUT2D eigenvalue weighted by Gasteiger charge is 2.62. The van der Waals surface area contributed by atoms with E-state index < -0.39 is 11.7 Å². The monoisotopic (exact) mass is 283 g/mol. The van der Waals surface area contributed by atoms with Crippen LogP contribution in [0.3, 0.4) is 0 Å². The van der Waals surface area contributed by atoms with Gasteiger partial charge in [0.15, 0.2) is 0 Å².